The third-order valence-corrected chi connectivity index (χ3v) is 9.94. The summed E-state index contributed by atoms with van der Waals surface area (Å²) in [4.78, 5) is 12.1. The highest BCUT2D eigenvalue weighted by molar-refractivity contribution is 6.74. The fraction of sp³-hybridized carbons (Fsp3) is 0.824. The number of esters is 1. The minimum atomic E-state index is -1.83. The fourth-order valence-corrected chi connectivity index (χ4v) is 4.36. The maximum Gasteiger partial charge on any atom is 0.309 e. The highest BCUT2D eigenvalue weighted by Gasteiger charge is 2.49. The molecular weight excluding hydrogens is 280 g/mol. The van der Waals surface area contributed by atoms with Crippen LogP contribution in [-0.2, 0) is 14.0 Å². The van der Waals surface area contributed by atoms with Gasteiger partial charge < -0.3 is 9.16 Å². The van der Waals surface area contributed by atoms with Crippen LogP contribution in [0.3, 0.4) is 0 Å². The first-order chi connectivity index (χ1) is 9.42. The van der Waals surface area contributed by atoms with Crippen molar-refractivity contribution in [3.8, 4) is 0 Å². The summed E-state index contributed by atoms with van der Waals surface area (Å²) in [6.45, 7) is 19.4. The van der Waals surface area contributed by atoms with Gasteiger partial charge in [0.05, 0.1) is 13.0 Å². The van der Waals surface area contributed by atoms with Gasteiger partial charge in [0, 0.05) is 6.10 Å². The zero-order chi connectivity index (χ0) is 16.6. The maximum absolute atomic E-state index is 12.1. The van der Waals surface area contributed by atoms with Gasteiger partial charge in [-0.05, 0) is 43.3 Å². The van der Waals surface area contributed by atoms with Gasteiger partial charge in [0.1, 0.15) is 0 Å². The molecule has 0 heterocycles. The van der Waals surface area contributed by atoms with E-state index < -0.39 is 8.32 Å². The molecule has 1 fully saturated rings. The molecule has 21 heavy (non-hydrogen) atoms. The van der Waals surface area contributed by atoms with Crippen LogP contribution < -0.4 is 0 Å². The van der Waals surface area contributed by atoms with Crippen LogP contribution in [0.2, 0.25) is 18.1 Å². The topological polar surface area (TPSA) is 35.5 Å². The predicted molar refractivity (Wildman–Crippen MR) is 89.7 cm³/mol. The van der Waals surface area contributed by atoms with E-state index in [1.165, 1.54) is 7.11 Å². The number of carbonyl (C=O) groups excluding carboxylic acids is 1. The molecule has 0 saturated heterocycles. The normalized spacial score (nSPS) is 30.3. The largest absolute Gasteiger partial charge is 0.469 e. The molecule has 0 N–H and O–H groups in total. The van der Waals surface area contributed by atoms with E-state index in [4.69, 9.17) is 9.16 Å². The number of rotatable bonds is 4. The van der Waals surface area contributed by atoms with E-state index in [0.29, 0.717) is 0 Å². The number of hydrogen-bond donors (Lipinski definition) is 0. The maximum atomic E-state index is 12.1. The van der Waals surface area contributed by atoms with Crippen LogP contribution in [0.15, 0.2) is 12.2 Å². The molecule has 0 aromatic rings. The Labute approximate surface area is 131 Å². The van der Waals surface area contributed by atoms with Gasteiger partial charge >= 0.3 is 5.97 Å². The van der Waals surface area contributed by atoms with Crippen molar-refractivity contribution in [2.75, 3.05) is 7.11 Å². The smallest absolute Gasteiger partial charge is 0.309 e. The molecule has 1 aliphatic rings. The fourth-order valence-electron chi connectivity index (χ4n) is 2.94. The lowest BCUT2D eigenvalue weighted by Crippen LogP contribution is -2.45. The number of hydrogen-bond acceptors (Lipinski definition) is 3. The minimum absolute atomic E-state index is 0.122. The molecule has 4 heteroatoms. The van der Waals surface area contributed by atoms with Gasteiger partial charge in [0.2, 0.25) is 0 Å². The van der Waals surface area contributed by atoms with E-state index >= 15 is 0 Å². The van der Waals surface area contributed by atoms with Crippen molar-refractivity contribution in [1.82, 2.24) is 0 Å². The van der Waals surface area contributed by atoms with Crippen molar-refractivity contribution < 1.29 is 14.0 Å². The highest BCUT2D eigenvalue weighted by atomic mass is 28.4. The van der Waals surface area contributed by atoms with E-state index in [2.05, 4.69) is 47.4 Å². The van der Waals surface area contributed by atoms with Crippen molar-refractivity contribution in [2.45, 2.75) is 65.3 Å². The summed E-state index contributed by atoms with van der Waals surface area (Å²) in [5.41, 5.74) is 1.05. The number of ether oxygens (including phenoxy) is 1. The Bertz CT molecular complexity index is 409. The van der Waals surface area contributed by atoms with E-state index in [1.807, 2.05) is 6.92 Å². The summed E-state index contributed by atoms with van der Waals surface area (Å²) >= 11 is 0. The summed E-state index contributed by atoms with van der Waals surface area (Å²) in [5, 5.41) is 0.175. The van der Waals surface area contributed by atoms with Crippen LogP contribution in [0.1, 0.15) is 41.0 Å². The van der Waals surface area contributed by atoms with E-state index in [1.54, 1.807) is 0 Å². The molecule has 1 saturated carbocycles. The van der Waals surface area contributed by atoms with Crippen molar-refractivity contribution in [2.24, 2.45) is 17.8 Å². The molecule has 0 aromatic carbocycles. The van der Waals surface area contributed by atoms with Crippen molar-refractivity contribution in [3.63, 3.8) is 0 Å². The lowest BCUT2D eigenvalue weighted by molar-refractivity contribution is -0.148. The van der Waals surface area contributed by atoms with Gasteiger partial charge in [0.15, 0.2) is 8.32 Å². The summed E-state index contributed by atoms with van der Waals surface area (Å²) < 4.78 is 11.6. The Morgan fingerprint density at radius 2 is 1.81 bits per heavy atom. The second kappa shape index (κ2) is 6.25. The van der Waals surface area contributed by atoms with Crippen molar-refractivity contribution in [3.05, 3.63) is 12.2 Å². The Kier molecular flexibility index (Phi) is 5.49. The Balaban J connectivity index is 2.97. The summed E-state index contributed by atoms with van der Waals surface area (Å²) in [6.07, 6.45) is 1.000. The number of allylic oxidation sites excluding steroid dienone is 1. The predicted octanol–water partition coefficient (Wildman–Crippen LogP) is 4.40. The van der Waals surface area contributed by atoms with Gasteiger partial charge in [-0.3, -0.25) is 4.79 Å². The van der Waals surface area contributed by atoms with Crippen LogP contribution in [0.4, 0.5) is 0 Å². The first-order valence-electron chi connectivity index (χ1n) is 7.83. The Hall–Kier alpha value is -0.613. The zero-order valence-corrected chi connectivity index (χ0v) is 15.9. The third-order valence-electron chi connectivity index (χ3n) is 5.43. The van der Waals surface area contributed by atoms with Gasteiger partial charge in [-0.25, -0.2) is 0 Å². The molecule has 1 rings (SSSR count). The molecule has 3 nitrogen and oxygen atoms in total. The summed E-state index contributed by atoms with van der Waals surface area (Å²) in [6, 6.07) is 0. The van der Waals surface area contributed by atoms with Crippen molar-refractivity contribution in [1.29, 1.82) is 0 Å². The van der Waals surface area contributed by atoms with Crippen LogP contribution >= 0.6 is 0 Å². The lowest BCUT2D eigenvalue weighted by atomic mass is 9.86. The molecule has 0 spiro atoms. The molecule has 1 aliphatic carbocycles. The van der Waals surface area contributed by atoms with Crippen LogP contribution in [0, 0.1) is 17.8 Å². The first kappa shape index (κ1) is 18.4. The molecule has 0 unspecified atom stereocenters. The van der Waals surface area contributed by atoms with Crippen molar-refractivity contribution >= 4 is 14.3 Å². The molecule has 0 amide bonds. The third kappa shape index (κ3) is 3.78. The van der Waals surface area contributed by atoms with Gasteiger partial charge in [-0.1, -0.05) is 39.8 Å². The molecular formula is C17H32O3Si. The van der Waals surface area contributed by atoms with E-state index in [9.17, 15) is 4.79 Å². The van der Waals surface area contributed by atoms with E-state index in [-0.39, 0.29) is 34.9 Å². The molecule has 0 radical (unpaired) electrons. The quantitative estimate of drug-likeness (QED) is 0.438. The summed E-state index contributed by atoms with van der Waals surface area (Å²) in [7, 11) is -0.368. The van der Waals surface area contributed by atoms with Crippen LogP contribution in [0.5, 0.6) is 0 Å². The lowest BCUT2D eigenvalue weighted by Gasteiger charge is -2.39. The Morgan fingerprint density at radius 3 is 2.19 bits per heavy atom. The number of carbonyl (C=O) groups is 1. The second-order valence-electron chi connectivity index (χ2n) is 8.01. The highest BCUT2D eigenvalue weighted by Crippen LogP contribution is 2.46. The van der Waals surface area contributed by atoms with Crippen LogP contribution in [-0.4, -0.2) is 27.5 Å². The number of methoxy groups -OCH3 is 1. The van der Waals surface area contributed by atoms with E-state index in [0.717, 1.165) is 12.0 Å². The second-order valence-corrected chi connectivity index (χ2v) is 12.8. The average Bonchev–Trinajstić information content (AvgIpc) is 2.64. The Morgan fingerprint density at radius 1 is 1.29 bits per heavy atom. The standard InChI is InChI=1S/C17H32O3Si/c1-11(2)13-10-14(12(3)15(13)16(18)19-7)20-21(8,9)17(4,5)6/h12-15H,1,10H2,2-9H3/t12-,13+,14-,15+/m0/s1. The molecule has 0 bridgehead atoms. The van der Waals surface area contributed by atoms with Gasteiger partial charge in [-0.2, -0.15) is 0 Å². The molecule has 0 aliphatic heterocycles. The SMILES string of the molecule is C=C(C)[C@H]1C[C@H](O[Si](C)(C)C(C)(C)C)[C@H](C)[C@H]1C(=O)OC. The summed E-state index contributed by atoms with van der Waals surface area (Å²) in [5.74, 6) is 0.0922. The van der Waals surface area contributed by atoms with Crippen LogP contribution in [0.25, 0.3) is 0 Å². The average molecular weight is 313 g/mol. The first-order valence-corrected chi connectivity index (χ1v) is 10.7. The minimum Gasteiger partial charge on any atom is -0.469 e. The zero-order valence-electron chi connectivity index (χ0n) is 14.9. The molecule has 122 valence electrons. The van der Waals surface area contributed by atoms with Gasteiger partial charge in [0.25, 0.3) is 0 Å². The molecule has 0 aromatic heterocycles. The monoisotopic (exact) mass is 312 g/mol. The van der Waals surface area contributed by atoms with Gasteiger partial charge in [-0.15, -0.1) is 0 Å². The molecule has 4 atom stereocenters.